The van der Waals surface area contributed by atoms with Crippen molar-refractivity contribution in [2.75, 3.05) is 31.1 Å². The van der Waals surface area contributed by atoms with Crippen molar-refractivity contribution in [2.24, 2.45) is 0 Å². The Morgan fingerprint density at radius 2 is 1.83 bits per heavy atom. The summed E-state index contributed by atoms with van der Waals surface area (Å²) in [4.78, 5) is 16.8. The van der Waals surface area contributed by atoms with Crippen LogP contribution in [0.1, 0.15) is 21.5 Å². The summed E-state index contributed by atoms with van der Waals surface area (Å²) in [6.07, 6.45) is 0. The lowest BCUT2D eigenvalue weighted by molar-refractivity contribution is 0.0747. The maximum Gasteiger partial charge on any atom is 0.256 e. The van der Waals surface area contributed by atoms with E-state index in [-0.39, 0.29) is 5.91 Å². The van der Waals surface area contributed by atoms with E-state index >= 15 is 0 Å². The molecule has 3 rings (SSSR count). The Morgan fingerprint density at radius 1 is 1.13 bits per heavy atom. The third kappa shape index (κ3) is 3.35. The van der Waals surface area contributed by atoms with Gasteiger partial charge < -0.3 is 9.80 Å². The standard InChI is InChI=1S/C17H18Cl2N2OS/c1-11-4-3-5-14(12(11)2)20-6-8-21(9-7-20)17(22)13-10-15(18)23-16(13)19/h3-5,10H,6-9H2,1-2H3. The van der Waals surface area contributed by atoms with Gasteiger partial charge in [-0.15, -0.1) is 11.3 Å². The van der Waals surface area contributed by atoms with Crippen molar-refractivity contribution in [3.63, 3.8) is 0 Å². The van der Waals surface area contributed by atoms with E-state index in [9.17, 15) is 4.79 Å². The predicted octanol–water partition coefficient (Wildman–Crippen LogP) is 4.63. The molecule has 0 unspecified atom stereocenters. The van der Waals surface area contributed by atoms with E-state index in [0.29, 0.717) is 27.3 Å². The smallest absolute Gasteiger partial charge is 0.256 e. The maximum absolute atomic E-state index is 12.6. The number of anilines is 1. The number of benzene rings is 1. The van der Waals surface area contributed by atoms with Gasteiger partial charge in [0.15, 0.2) is 0 Å². The Balaban J connectivity index is 1.70. The van der Waals surface area contributed by atoms with Crippen LogP contribution in [0.5, 0.6) is 0 Å². The van der Waals surface area contributed by atoms with E-state index in [1.807, 2.05) is 4.90 Å². The Hall–Kier alpha value is -1.23. The summed E-state index contributed by atoms with van der Waals surface area (Å²) in [7, 11) is 0. The SMILES string of the molecule is Cc1cccc(N2CCN(C(=O)c3cc(Cl)sc3Cl)CC2)c1C. The highest BCUT2D eigenvalue weighted by molar-refractivity contribution is 7.20. The molecule has 23 heavy (non-hydrogen) atoms. The number of thiophene rings is 1. The van der Waals surface area contributed by atoms with E-state index in [1.54, 1.807) is 6.07 Å². The maximum atomic E-state index is 12.6. The normalized spacial score (nSPS) is 15.1. The number of aryl methyl sites for hydroxylation is 1. The van der Waals surface area contributed by atoms with Gasteiger partial charge in [0.1, 0.15) is 4.34 Å². The molecule has 1 aliphatic rings. The molecule has 1 saturated heterocycles. The molecular weight excluding hydrogens is 351 g/mol. The Bertz CT molecular complexity index is 736. The number of carbonyl (C=O) groups excluding carboxylic acids is 1. The molecule has 1 aromatic heterocycles. The van der Waals surface area contributed by atoms with Gasteiger partial charge in [0.2, 0.25) is 0 Å². The average Bonchev–Trinajstić information content (AvgIpc) is 2.88. The lowest BCUT2D eigenvalue weighted by atomic mass is 10.1. The Kier molecular flexibility index (Phi) is 4.85. The van der Waals surface area contributed by atoms with Gasteiger partial charge in [-0.2, -0.15) is 0 Å². The zero-order valence-electron chi connectivity index (χ0n) is 13.1. The van der Waals surface area contributed by atoms with E-state index in [2.05, 4.69) is 36.9 Å². The molecule has 0 atom stereocenters. The van der Waals surface area contributed by atoms with Gasteiger partial charge >= 0.3 is 0 Å². The number of amides is 1. The fourth-order valence-corrected chi connectivity index (χ4v) is 4.33. The Labute approximate surface area is 150 Å². The van der Waals surface area contributed by atoms with Crippen LogP contribution in [0, 0.1) is 13.8 Å². The van der Waals surface area contributed by atoms with E-state index in [0.717, 1.165) is 13.1 Å². The van der Waals surface area contributed by atoms with Crippen molar-refractivity contribution in [1.82, 2.24) is 4.90 Å². The van der Waals surface area contributed by atoms with Crippen molar-refractivity contribution in [1.29, 1.82) is 0 Å². The number of nitrogens with zero attached hydrogens (tertiary/aromatic N) is 2. The minimum atomic E-state index is -0.0289. The minimum absolute atomic E-state index is 0.0289. The first-order valence-electron chi connectivity index (χ1n) is 7.52. The van der Waals surface area contributed by atoms with E-state index < -0.39 is 0 Å². The minimum Gasteiger partial charge on any atom is -0.368 e. The van der Waals surface area contributed by atoms with Crippen molar-refractivity contribution in [2.45, 2.75) is 13.8 Å². The molecule has 0 N–H and O–H groups in total. The fourth-order valence-electron chi connectivity index (χ4n) is 2.89. The number of hydrogen-bond donors (Lipinski definition) is 0. The van der Waals surface area contributed by atoms with Crippen molar-refractivity contribution >= 4 is 46.1 Å². The number of halogens is 2. The molecule has 0 aliphatic carbocycles. The molecule has 6 heteroatoms. The summed E-state index contributed by atoms with van der Waals surface area (Å²) < 4.78 is 1.02. The third-order valence-electron chi connectivity index (χ3n) is 4.37. The summed E-state index contributed by atoms with van der Waals surface area (Å²) in [6.45, 7) is 7.30. The van der Waals surface area contributed by atoms with Crippen molar-refractivity contribution in [3.8, 4) is 0 Å². The van der Waals surface area contributed by atoms with E-state index in [1.165, 1.54) is 28.2 Å². The third-order valence-corrected chi connectivity index (χ3v) is 5.86. The molecule has 122 valence electrons. The highest BCUT2D eigenvalue weighted by Crippen LogP contribution is 2.32. The second kappa shape index (κ2) is 6.71. The largest absolute Gasteiger partial charge is 0.368 e. The van der Waals surface area contributed by atoms with Gasteiger partial charge in [-0.3, -0.25) is 4.79 Å². The van der Waals surface area contributed by atoms with Crippen LogP contribution in [-0.4, -0.2) is 37.0 Å². The average molecular weight is 369 g/mol. The molecule has 0 radical (unpaired) electrons. The molecule has 1 aliphatic heterocycles. The zero-order valence-corrected chi connectivity index (χ0v) is 15.4. The molecule has 3 nitrogen and oxygen atoms in total. The van der Waals surface area contributed by atoms with Crippen LogP contribution in [0.4, 0.5) is 5.69 Å². The second-order valence-electron chi connectivity index (χ2n) is 5.74. The molecule has 2 heterocycles. The molecule has 1 fully saturated rings. The molecule has 2 aromatic rings. The van der Waals surface area contributed by atoms with Crippen LogP contribution in [0.3, 0.4) is 0 Å². The van der Waals surface area contributed by atoms with Crippen LogP contribution in [0.15, 0.2) is 24.3 Å². The van der Waals surface area contributed by atoms with Gasteiger partial charge in [0, 0.05) is 31.9 Å². The van der Waals surface area contributed by atoms with E-state index in [4.69, 9.17) is 23.2 Å². The van der Waals surface area contributed by atoms with Gasteiger partial charge in [-0.05, 0) is 37.1 Å². The van der Waals surface area contributed by atoms with Crippen LogP contribution in [0.25, 0.3) is 0 Å². The van der Waals surface area contributed by atoms with Gasteiger partial charge in [-0.1, -0.05) is 35.3 Å². The molecular formula is C17H18Cl2N2OS. The number of hydrogen-bond acceptors (Lipinski definition) is 3. The molecule has 0 bridgehead atoms. The van der Waals surface area contributed by atoms with Crippen molar-refractivity contribution < 1.29 is 4.79 Å². The highest BCUT2D eigenvalue weighted by atomic mass is 35.5. The van der Waals surface area contributed by atoms with Crippen LogP contribution < -0.4 is 4.90 Å². The number of rotatable bonds is 2. The highest BCUT2D eigenvalue weighted by Gasteiger charge is 2.25. The summed E-state index contributed by atoms with van der Waals surface area (Å²) >= 11 is 13.3. The first-order chi connectivity index (χ1) is 11.0. The van der Waals surface area contributed by atoms with Crippen molar-refractivity contribution in [3.05, 3.63) is 49.6 Å². The molecule has 1 aromatic carbocycles. The zero-order chi connectivity index (χ0) is 16.6. The summed E-state index contributed by atoms with van der Waals surface area (Å²) in [5.41, 5.74) is 4.37. The van der Waals surface area contributed by atoms with Crippen LogP contribution >= 0.6 is 34.5 Å². The monoisotopic (exact) mass is 368 g/mol. The first kappa shape index (κ1) is 16.6. The first-order valence-corrected chi connectivity index (χ1v) is 9.10. The summed E-state index contributed by atoms with van der Waals surface area (Å²) in [5.74, 6) is -0.0289. The summed E-state index contributed by atoms with van der Waals surface area (Å²) in [5, 5.41) is 0. The second-order valence-corrected chi connectivity index (χ2v) is 8.02. The number of piperazine rings is 1. The Morgan fingerprint density at radius 3 is 2.43 bits per heavy atom. The van der Waals surface area contributed by atoms with Crippen LogP contribution in [-0.2, 0) is 0 Å². The molecule has 0 spiro atoms. The number of carbonyl (C=O) groups is 1. The lowest BCUT2D eigenvalue weighted by Gasteiger charge is -2.37. The predicted molar refractivity (Wildman–Crippen MR) is 98.4 cm³/mol. The quantitative estimate of drug-likeness (QED) is 0.770. The molecule has 0 saturated carbocycles. The fraction of sp³-hybridized carbons (Fsp3) is 0.353. The van der Waals surface area contributed by atoms with Crippen LogP contribution in [0.2, 0.25) is 8.67 Å². The topological polar surface area (TPSA) is 23.6 Å². The summed E-state index contributed by atoms with van der Waals surface area (Å²) in [6, 6.07) is 8.02. The lowest BCUT2D eigenvalue weighted by Crippen LogP contribution is -2.49. The molecule has 1 amide bonds. The van der Waals surface area contributed by atoms with Gasteiger partial charge in [-0.25, -0.2) is 0 Å². The van der Waals surface area contributed by atoms with Gasteiger partial charge in [0.05, 0.1) is 9.90 Å². The van der Waals surface area contributed by atoms with Gasteiger partial charge in [0.25, 0.3) is 5.91 Å².